The molecule has 0 spiro atoms. The van der Waals surface area contributed by atoms with Gasteiger partial charge in [-0.3, -0.25) is 14.5 Å². The highest BCUT2D eigenvalue weighted by Gasteiger charge is 2.40. The number of hydrogen-bond acceptors (Lipinski definition) is 6. The Bertz CT molecular complexity index is 1510. The molecular weight excluding hydrogens is 531 g/mol. The van der Waals surface area contributed by atoms with Crippen LogP contribution in [0.25, 0.3) is 5.69 Å². The van der Waals surface area contributed by atoms with Gasteiger partial charge in [0.25, 0.3) is 0 Å². The van der Waals surface area contributed by atoms with Gasteiger partial charge in [-0.05, 0) is 54.1 Å². The molecule has 3 heterocycles. The van der Waals surface area contributed by atoms with Crippen molar-refractivity contribution >= 4 is 29.4 Å². The number of furan rings is 1. The smallest absolute Gasteiger partial charge is 0.240 e. The molecule has 0 unspecified atom stereocenters. The van der Waals surface area contributed by atoms with Gasteiger partial charge in [0.05, 0.1) is 42.3 Å². The van der Waals surface area contributed by atoms with E-state index in [4.69, 9.17) is 14.3 Å². The number of methoxy groups -OCH3 is 1. The third-order valence-corrected chi connectivity index (χ3v) is 7.86. The standard InChI is InChI=1S/C30H31FN4O4S/c1-30(2,3)28-26-27(19-7-5-8-20(31)15-19)40-18-25(37)34(17-24(36)32-16-23-9-6-14-39-23)29(26)35(33-28)21-10-12-22(38-4)13-11-21/h5-15,27H,16-18H2,1-4H3,(H,32,36)/t27-/m0/s1. The number of fused-ring (bicyclic) bond motifs is 1. The molecule has 0 bridgehead atoms. The van der Waals surface area contributed by atoms with Crippen LogP contribution >= 0.6 is 11.8 Å². The van der Waals surface area contributed by atoms with Crippen molar-refractivity contribution in [2.75, 3.05) is 24.3 Å². The second-order valence-corrected chi connectivity index (χ2v) is 11.6. The topological polar surface area (TPSA) is 89.6 Å². The fourth-order valence-corrected chi connectivity index (χ4v) is 5.90. The Morgan fingerprint density at radius 1 is 1.18 bits per heavy atom. The van der Waals surface area contributed by atoms with Crippen LogP contribution in [0.5, 0.6) is 5.75 Å². The summed E-state index contributed by atoms with van der Waals surface area (Å²) < 4.78 is 26.8. The number of halogens is 1. The van der Waals surface area contributed by atoms with Crippen LogP contribution in [0.15, 0.2) is 71.3 Å². The molecule has 0 saturated heterocycles. The number of nitrogens with zero attached hydrogens (tertiary/aromatic N) is 3. The minimum atomic E-state index is -0.422. The maximum atomic E-state index is 14.4. The number of nitrogens with one attached hydrogen (secondary N) is 1. The van der Waals surface area contributed by atoms with Crippen molar-refractivity contribution in [3.63, 3.8) is 0 Å². The molecule has 2 aromatic heterocycles. The molecule has 40 heavy (non-hydrogen) atoms. The lowest BCUT2D eigenvalue weighted by Crippen LogP contribution is -2.42. The normalized spacial score (nSPS) is 15.5. The first-order valence-electron chi connectivity index (χ1n) is 12.9. The summed E-state index contributed by atoms with van der Waals surface area (Å²) in [5, 5.41) is 7.49. The van der Waals surface area contributed by atoms with Gasteiger partial charge in [0.2, 0.25) is 11.8 Å². The zero-order valence-electron chi connectivity index (χ0n) is 22.8. The van der Waals surface area contributed by atoms with E-state index in [1.54, 1.807) is 30.0 Å². The Labute approximate surface area is 236 Å². The van der Waals surface area contributed by atoms with Crippen LogP contribution in [0, 0.1) is 5.82 Å². The van der Waals surface area contributed by atoms with Crippen LogP contribution in [-0.2, 0) is 21.5 Å². The lowest BCUT2D eigenvalue weighted by Gasteiger charge is -2.24. The minimum absolute atomic E-state index is 0.105. The summed E-state index contributed by atoms with van der Waals surface area (Å²) in [5.74, 6) is 0.940. The maximum absolute atomic E-state index is 14.4. The Morgan fingerprint density at radius 3 is 2.60 bits per heavy atom. The first-order valence-corrected chi connectivity index (χ1v) is 13.9. The van der Waals surface area contributed by atoms with E-state index in [0.717, 1.165) is 16.8 Å². The van der Waals surface area contributed by atoms with Crippen molar-refractivity contribution in [2.24, 2.45) is 0 Å². The SMILES string of the molecule is COc1ccc(-n2nc(C(C)(C)C)c3c2N(CC(=O)NCc2ccco2)C(=O)CS[C@H]3c2cccc(F)c2)cc1. The van der Waals surface area contributed by atoms with Gasteiger partial charge in [-0.15, -0.1) is 11.8 Å². The Balaban J connectivity index is 1.67. The number of thioether (sulfide) groups is 1. The third kappa shape index (κ3) is 5.62. The van der Waals surface area contributed by atoms with E-state index in [2.05, 4.69) is 5.32 Å². The van der Waals surface area contributed by atoms with Gasteiger partial charge in [0.15, 0.2) is 0 Å². The van der Waals surface area contributed by atoms with Crippen LogP contribution in [0.1, 0.15) is 48.6 Å². The molecule has 1 aliphatic rings. The zero-order chi connectivity index (χ0) is 28.4. The second kappa shape index (κ2) is 11.2. The third-order valence-electron chi connectivity index (χ3n) is 6.61. The fourth-order valence-electron chi connectivity index (χ4n) is 4.71. The highest BCUT2D eigenvalue weighted by Crippen LogP contribution is 2.48. The van der Waals surface area contributed by atoms with Gasteiger partial charge >= 0.3 is 0 Å². The van der Waals surface area contributed by atoms with Gasteiger partial charge in [-0.2, -0.15) is 5.10 Å². The monoisotopic (exact) mass is 562 g/mol. The molecule has 0 fully saturated rings. The Kier molecular flexibility index (Phi) is 7.71. The van der Waals surface area contributed by atoms with E-state index in [0.29, 0.717) is 23.0 Å². The number of hydrogen-bond donors (Lipinski definition) is 1. The summed E-state index contributed by atoms with van der Waals surface area (Å²) in [6, 6.07) is 17.3. The first-order chi connectivity index (χ1) is 19.2. The Hall–Kier alpha value is -4.05. The fraction of sp³-hybridized carbons (Fsp3) is 0.300. The van der Waals surface area contributed by atoms with Gasteiger partial charge in [0, 0.05) is 11.0 Å². The highest BCUT2D eigenvalue weighted by atomic mass is 32.2. The van der Waals surface area contributed by atoms with E-state index < -0.39 is 5.41 Å². The van der Waals surface area contributed by atoms with Crippen LogP contribution in [0.4, 0.5) is 10.2 Å². The number of carbonyl (C=O) groups excluding carboxylic acids is 2. The predicted molar refractivity (Wildman–Crippen MR) is 152 cm³/mol. The number of carbonyl (C=O) groups is 2. The minimum Gasteiger partial charge on any atom is -0.497 e. The van der Waals surface area contributed by atoms with Gasteiger partial charge < -0.3 is 14.5 Å². The number of aromatic nitrogens is 2. The highest BCUT2D eigenvalue weighted by molar-refractivity contribution is 8.00. The predicted octanol–water partition coefficient (Wildman–Crippen LogP) is 5.40. The molecule has 0 aliphatic carbocycles. The summed E-state index contributed by atoms with van der Waals surface area (Å²) in [6.45, 7) is 6.14. The van der Waals surface area contributed by atoms with Gasteiger partial charge in [-0.1, -0.05) is 32.9 Å². The number of anilines is 1. The van der Waals surface area contributed by atoms with Crippen LogP contribution in [-0.4, -0.2) is 41.0 Å². The lowest BCUT2D eigenvalue weighted by molar-refractivity contribution is -0.123. The molecular formula is C30H31FN4O4S. The van der Waals surface area contributed by atoms with E-state index >= 15 is 0 Å². The van der Waals surface area contributed by atoms with Crippen molar-refractivity contribution in [3.8, 4) is 11.4 Å². The number of amides is 2. The Morgan fingerprint density at radius 2 is 1.95 bits per heavy atom. The molecule has 2 aromatic carbocycles. The zero-order valence-corrected chi connectivity index (χ0v) is 23.6. The summed E-state index contributed by atoms with van der Waals surface area (Å²) in [6.07, 6.45) is 1.54. The molecule has 10 heteroatoms. The summed E-state index contributed by atoms with van der Waals surface area (Å²) in [7, 11) is 1.59. The van der Waals surface area contributed by atoms with E-state index in [-0.39, 0.29) is 41.7 Å². The molecule has 1 N–H and O–H groups in total. The largest absolute Gasteiger partial charge is 0.497 e. The van der Waals surface area contributed by atoms with E-state index in [1.165, 1.54) is 35.1 Å². The van der Waals surface area contributed by atoms with Gasteiger partial charge in [0.1, 0.15) is 29.7 Å². The van der Waals surface area contributed by atoms with E-state index in [1.807, 2.05) is 51.1 Å². The van der Waals surface area contributed by atoms with Crippen molar-refractivity contribution in [3.05, 3.63) is 95.3 Å². The quantitative estimate of drug-likeness (QED) is 0.325. The molecule has 8 nitrogen and oxygen atoms in total. The average Bonchev–Trinajstić information content (AvgIpc) is 3.56. The van der Waals surface area contributed by atoms with Crippen LogP contribution in [0.3, 0.4) is 0 Å². The molecule has 1 atom stereocenters. The molecule has 2 amide bonds. The summed E-state index contributed by atoms with van der Waals surface area (Å²) in [5.41, 5.74) is 2.54. The molecule has 0 radical (unpaired) electrons. The van der Waals surface area contributed by atoms with Crippen molar-refractivity contribution < 1.29 is 23.1 Å². The average molecular weight is 563 g/mol. The second-order valence-electron chi connectivity index (χ2n) is 10.5. The van der Waals surface area contributed by atoms with Crippen molar-refractivity contribution in [2.45, 2.75) is 38.0 Å². The number of rotatable bonds is 7. The molecule has 5 rings (SSSR count). The number of ether oxygens (including phenoxy) is 1. The molecule has 4 aromatic rings. The molecule has 1 aliphatic heterocycles. The molecule has 208 valence electrons. The van der Waals surface area contributed by atoms with Gasteiger partial charge in [-0.25, -0.2) is 9.07 Å². The lowest BCUT2D eigenvalue weighted by atomic mass is 9.87. The van der Waals surface area contributed by atoms with Crippen molar-refractivity contribution in [1.82, 2.24) is 15.1 Å². The number of benzene rings is 2. The van der Waals surface area contributed by atoms with E-state index in [9.17, 15) is 14.0 Å². The van der Waals surface area contributed by atoms with Crippen molar-refractivity contribution in [1.29, 1.82) is 0 Å². The summed E-state index contributed by atoms with van der Waals surface area (Å²) in [4.78, 5) is 28.4. The van der Waals surface area contributed by atoms with Crippen LogP contribution < -0.4 is 15.0 Å². The maximum Gasteiger partial charge on any atom is 0.240 e. The molecule has 0 saturated carbocycles. The first kappa shape index (κ1) is 27.5. The van der Waals surface area contributed by atoms with Crippen LogP contribution in [0.2, 0.25) is 0 Å². The summed E-state index contributed by atoms with van der Waals surface area (Å²) >= 11 is 1.41.